The molecule has 3 atom stereocenters. The van der Waals surface area contributed by atoms with Gasteiger partial charge in [0.2, 0.25) is 5.91 Å². The molecule has 0 saturated carbocycles. The molecule has 1 aliphatic rings. The molecule has 2 N–H and O–H groups in total. The second-order valence-electron chi connectivity index (χ2n) is 6.74. The van der Waals surface area contributed by atoms with Crippen LogP contribution in [-0.4, -0.2) is 16.1 Å². The maximum atomic E-state index is 12.8. The van der Waals surface area contributed by atoms with Crippen molar-refractivity contribution < 1.29 is 4.79 Å². The van der Waals surface area contributed by atoms with Gasteiger partial charge >= 0.3 is 0 Å². The fourth-order valence-electron chi connectivity index (χ4n) is 3.78. The third-order valence-electron chi connectivity index (χ3n) is 5.12. The highest BCUT2D eigenvalue weighted by Gasteiger charge is 2.28. The van der Waals surface area contributed by atoms with Crippen LogP contribution in [0.4, 0.5) is 0 Å². The number of fused-ring (bicyclic) bond motifs is 1. The van der Waals surface area contributed by atoms with Gasteiger partial charge in [0.15, 0.2) is 0 Å². The Morgan fingerprint density at radius 3 is 2.61 bits per heavy atom. The molecule has 3 rings (SSSR count). The topological polar surface area (TPSA) is 57.8 Å². The highest BCUT2D eigenvalue weighted by Crippen LogP contribution is 2.37. The average Bonchev–Trinajstić information content (AvgIpc) is 2.88. The lowest BCUT2D eigenvalue weighted by Gasteiger charge is -2.31. The van der Waals surface area contributed by atoms with E-state index in [-0.39, 0.29) is 17.9 Å². The fraction of sp³-hybridized carbons (Fsp3) is 0.474. The fourth-order valence-corrected chi connectivity index (χ4v) is 3.78. The summed E-state index contributed by atoms with van der Waals surface area (Å²) in [4.78, 5) is 12.8. The van der Waals surface area contributed by atoms with E-state index in [0.29, 0.717) is 5.92 Å². The Labute approximate surface area is 137 Å². The minimum Gasteiger partial charge on any atom is -0.349 e. The largest absolute Gasteiger partial charge is 0.349 e. The van der Waals surface area contributed by atoms with Crippen molar-refractivity contribution >= 4 is 5.91 Å². The van der Waals surface area contributed by atoms with Crippen molar-refractivity contribution in [2.45, 2.75) is 58.4 Å². The van der Waals surface area contributed by atoms with Crippen LogP contribution < -0.4 is 5.32 Å². The Bertz CT molecular complexity index is 700. The molecule has 1 aromatic carbocycles. The van der Waals surface area contributed by atoms with Crippen LogP contribution in [0.1, 0.15) is 72.6 Å². The first-order chi connectivity index (χ1) is 11.0. The number of benzene rings is 1. The van der Waals surface area contributed by atoms with Crippen LogP contribution in [0.15, 0.2) is 24.3 Å². The maximum Gasteiger partial charge on any atom is 0.227 e. The molecule has 0 radical (unpaired) electrons. The van der Waals surface area contributed by atoms with Crippen molar-refractivity contribution in [3.05, 3.63) is 52.3 Å². The third kappa shape index (κ3) is 2.90. The van der Waals surface area contributed by atoms with E-state index in [4.69, 9.17) is 0 Å². The lowest BCUT2D eigenvalue weighted by Crippen LogP contribution is -2.34. The molecule has 0 bridgehead atoms. The van der Waals surface area contributed by atoms with Gasteiger partial charge in [0, 0.05) is 11.3 Å². The van der Waals surface area contributed by atoms with Gasteiger partial charge in [-0.15, -0.1) is 0 Å². The molecule has 0 saturated heterocycles. The molecule has 4 heteroatoms. The number of H-pyrrole nitrogens is 1. The highest BCUT2D eigenvalue weighted by molar-refractivity contribution is 5.84. The van der Waals surface area contributed by atoms with Crippen LogP contribution in [0.5, 0.6) is 0 Å². The van der Waals surface area contributed by atoms with Gasteiger partial charge in [-0.2, -0.15) is 5.10 Å². The van der Waals surface area contributed by atoms with E-state index < -0.39 is 0 Å². The van der Waals surface area contributed by atoms with Crippen LogP contribution in [0.2, 0.25) is 0 Å². The van der Waals surface area contributed by atoms with Crippen molar-refractivity contribution in [3.8, 4) is 0 Å². The van der Waals surface area contributed by atoms with E-state index in [0.717, 1.165) is 29.8 Å². The molecule has 4 nitrogen and oxygen atoms in total. The Morgan fingerprint density at radius 2 is 1.96 bits per heavy atom. The third-order valence-corrected chi connectivity index (χ3v) is 5.12. The first-order valence-corrected chi connectivity index (χ1v) is 8.39. The van der Waals surface area contributed by atoms with Gasteiger partial charge in [-0.25, -0.2) is 0 Å². The standard InChI is InChI=1S/C19H25N3O/c1-11-9-10-17(16-8-6-5-7-15(11)16)20-19(23)12(2)18-13(3)21-22-14(18)4/h5-8,11-12,17H,9-10H2,1-4H3,(H,20,23)(H,21,22). The predicted molar refractivity (Wildman–Crippen MR) is 91.5 cm³/mol. The Morgan fingerprint density at radius 1 is 1.26 bits per heavy atom. The van der Waals surface area contributed by atoms with Crippen LogP contribution in [0.25, 0.3) is 0 Å². The molecule has 0 spiro atoms. The summed E-state index contributed by atoms with van der Waals surface area (Å²) in [6.45, 7) is 8.13. The molecule has 122 valence electrons. The molecule has 0 aliphatic heterocycles. The summed E-state index contributed by atoms with van der Waals surface area (Å²) < 4.78 is 0. The summed E-state index contributed by atoms with van der Waals surface area (Å²) in [5.74, 6) is 0.447. The Hall–Kier alpha value is -2.10. The molecular weight excluding hydrogens is 286 g/mol. The number of hydrogen-bond acceptors (Lipinski definition) is 2. The number of aromatic nitrogens is 2. The van der Waals surface area contributed by atoms with Gasteiger partial charge < -0.3 is 5.32 Å². The predicted octanol–water partition coefficient (Wildman–Crippen LogP) is 3.88. The number of rotatable bonds is 3. The molecular formula is C19H25N3O. The Kier molecular flexibility index (Phi) is 4.24. The lowest BCUT2D eigenvalue weighted by atomic mass is 9.81. The minimum atomic E-state index is -0.194. The van der Waals surface area contributed by atoms with Crippen LogP contribution >= 0.6 is 0 Å². The van der Waals surface area contributed by atoms with Crippen molar-refractivity contribution in [2.75, 3.05) is 0 Å². The zero-order valence-electron chi connectivity index (χ0n) is 14.3. The van der Waals surface area contributed by atoms with Gasteiger partial charge in [-0.1, -0.05) is 31.2 Å². The minimum absolute atomic E-state index is 0.0759. The number of nitrogens with zero attached hydrogens (tertiary/aromatic N) is 1. The number of carbonyl (C=O) groups excluding carboxylic acids is 1. The average molecular weight is 311 g/mol. The van der Waals surface area contributed by atoms with Crippen molar-refractivity contribution in [1.82, 2.24) is 15.5 Å². The summed E-state index contributed by atoms with van der Waals surface area (Å²) in [7, 11) is 0. The molecule has 0 fully saturated rings. The van der Waals surface area contributed by atoms with Crippen LogP contribution in [-0.2, 0) is 4.79 Å². The monoisotopic (exact) mass is 311 g/mol. The molecule has 1 aliphatic carbocycles. The lowest BCUT2D eigenvalue weighted by molar-refractivity contribution is -0.123. The van der Waals surface area contributed by atoms with Gasteiger partial charge in [-0.3, -0.25) is 9.89 Å². The van der Waals surface area contributed by atoms with E-state index >= 15 is 0 Å². The second kappa shape index (κ2) is 6.19. The van der Waals surface area contributed by atoms with E-state index in [9.17, 15) is 4.79 Å². The number of aromatic amines is 1. The number of aryl methyl sites for hydroxylation is 2. The van der Waals surface area contributed by atoms with Gasteiger partial charge in [0.05, 0.1) is 17.7 Å². The summed E-state index contributed by atoms with van der Waals surface area (Å²) in [5, 5.41) is 10.4. The molecule has 23 heavy (non-hydrogen) atoms. The van der Waals surface area contributed by atoms with Gasteiger partial charge in [0.25, 0.3) is 0 Å². The first-order valence-electron chi connectivity index (χ1n) is 8.39. The van der Waals surface area contributed by atoms with Gasteiger partial charge in [-0.05, 0) is 50.7 Å². The summed E-state index contributed by atoms with van der Waals surface area (Å²) in [6.07, 6.45) is 2.11. The normalized spacial score (nSPS) is 21.6. The number of carbonyl (C=O) groups is 1. The van der Waals surface area contributed by atoms with E-state index in [1.165, 1.54) is 11.1 Å². The van der Waals surface area contributed by atoms with E-state index in [1.807, 2.05) is 20.8 Å². The zero-order chi connectivity index (χ0) is 16.6. The van der Waals surface area contributed by atoms with Crippen LogP contribution in [0.3, 0.4) is 0 Å². The van der Waals surface area contributed by atoms with Crippen molar-refractivity contribution in [2.24, 2.45) is 0 Å². The number of amides is 1. The smallest absolute Gasteiger partial charge is 0.227 e. The molecule has 2 aromatic rings. The van der Waals surface area contributed by atoms with Crippen molar-refractivity contribution in [3.63, 3.8) is 0 Å². The zero-order valence-corrected chi connectivity index (χ0v) is 14.3. The highest BCUT2D eigenvalue weighted by atomic mass is 16.1. The molecule has 1 amide bonds. The SMILES string of the molecule is Cc1n[nH]c(C)c1C(C)C(=O)NC1CCC(C)c2ccccc21. The second-order valence-corrected chi connectivity index (χ2v) is 6.74. The summed E-state index contributed by atoms with van der Waals surface area (Å²) in [5.41, 5.74) is 5.53. The van der Waals surface area contributed by atoms with Gasteiger partial charge in [0.1, 0.15) is 0 Å². The summed E-state index contributed by atoms with van der Waals surface area (Å²) in [6, 6.07) is 8.59. The van der Waals surface area contributed by atoms with Crippen molar-refractivity contribution in [1.29, 1.82) is 0 Å². The van der Waals surface area contributed by atoms with E-state index in [1.54, 1.807) is 0 Å². The molecule has 3 unspecified atom stereocenters. The quantitative estimate of drug-likeness (QED) is 0.903. The van der Waals surface area contributed by atoms with Crippen LogP contribution in [0, 0.1) is 13.8 Å². The molecule has 1 aromatic heterocycles. The number of nitrogens with one attached hydrogen (secondary N) is 2. The Balaban J connectivity index is 1.80. The first kappa shape index (κ1) is 15.8. The van der Waals surface area contributed by atoms with E-state index in [2.05, 4.69) is 46.7 Å². The number of hydrogen-bond donors (Lipinski definition) is 2. The maximum absolute atomic E-state index is 12.8. The summed E-state index contributed by atoms with van der Waals surface area (Å²) >= 11 is 0. The molecule has 1 heterocycles.